The maximum Gasteiger partial charge on any atom is 0.295 e. The van der Waals surface area contributed by atoms with Crippen molar-refractivity contribution in [2.75, 3.05) is 13.7 Å². The van der Waals surface area contributed by atoms with Gasteiger partial charge in [0.25, 0.3) is 11.5 Å². The number of methoxy groups -OCH3 is 1. The number of aliphatic hydroxyl groups is 1. The molecule has 12 atom stereocenters. The quantitative estimate of drug-likeness (QED) is 0.200. The SMILES string of the molecule is COc1ccc2nc(C(F)(F)CCCC3CC34C(OC3CC3NC(CC(C)(C)C)C(O)N3CC[C@@]5(C[C@H]5C)[C@]3(C)C=O)CC3CC34)c(=O)[nH]c2c1. The molecular formula is C40H56F2N4O5. The second kappa shape index (κ2) is 12.0. The molecule has 1 saturated heterocycles. The molecule has 8 rings (SSSR count). The third kappa shape index (κ3) is 5.96. The first-order valence-corrected chi connectivity index (χ1v) is 19.3. The van der Waals surface area contributed by atoms with E-state index in [0.717, 1.165) is 51.4 Å². The lowest BCUT2D eigenvalue weighted by atomic mass is 9.81. The molecule has 2 heterocycles. The van der Waals surface area contributed by atoms with Crippen LogP contribution in [0.1, 0.15) is 105 Å². The third-order valence-electron chi connectivity index (χ3n) is 14.3. The summed E-state index contributed by atoms with van der Waals surface area (Å²) in [6.07, 6.45) is 8.04. The largest absolute Gasteiger partial charge is 0.497 e. The van der Waals surface area contributed by atoms with E-state index < -0.39 is 35.4 Å². The smallest absolute Gasteiger partial charge is 0.295 e. The average molecular weight is 711 g/mol. The zero-order chi connectivity index (χ0) is 36.3. The molecule has 2 spiro atoms. The van der Waals surface area contributed by atoms with Gasteiger partial charge in [-0.05, 0) is 111 Å². The lowest BCUT2D eigenvalue weighted by molar-refractivity contribution is -0.131. The number of aldehydes is 1. The highest BCUT2D eigenvalue weighted by Crippen LogP contribution is 2.78. The summed E-state index contributed by atoms with van der Waals surface area (Å²) in [6, 6.07) is 4.75. The van der Waals surface area contributed by atoms with Crippen molar-refractivity contribution in [1.29, 1.82) is 0 Å². The number of aliphatic hydroxyl groups excluding tert-OH is 1. The van der Waals surface area contributed by atoms with E-state index in [1.807, 2.05) is 6.92 Å². The van der Waals surface area contributed by atoms with Gasteiger partial charge in [-0.2, -0.15) is 8.78 Å². The molecule has 5 saturated carbocycles. The summed E-state index contributed by atoms with van der Waals surface area (Å²) in [7, 11) is 1.50. The van der Waals surface area contributed by atoms with Crippen molar-refractivity contribution in [2.24, 2.45) is 39.9 Å². The Labute approximate surface area is 299 Å². The Hall–Kier alpha value is -2.47. The summed E-state index contributed by atoms with van der Waals surface area (Å²) < 4.78 is 42.9. The van der Waals surface area contributed by atoms with Gasteiger partial charge in [0.2, 0.25) is 0 Å². The molecule has 6 aliphatic rings. The number of hydrogen-bond acceptors (Lipinski definition) is 8. The van der Waals surface area contributed by atoms with Crippen molar-refractivity contribution in [1.82, 2.24) is 20.2 Å². The van der Waals surface area contributed by atoms with Crippen LogP contribution in [0.15, 0.2) is 23.0 Å². The number of hydrogen-bond donors (Lipinski definition) is 3. The Kier molecular flexibility index (Phi) is 8.38. The third-order valence-corrected chi connectivity index (χ3v) is 14.3. The van der Waals surface area contributed by atoms with E-state index in [-0.39, 0.29) is 40.5 Å². The predicted molar refractivity (Wildman–Crippen MR) is 189 cm³/mol. The van der Waals surface area contributed by atoms with Crippen molar-refractivity contribution >= 4 is 17.3 Å². The molecule has 2 aromatic rings. The van der Waals surface area contributed by atoms with Crippen molar-refractivity contribution in [3.8, 4) is 5.75 Å². The molecule has 11 heteroatoms. The van der Waals surface area contributed by atoms with Gasteiger partial charge in [0, 0.05) is 36.5 Å². The number of fused-ring (bicyclic) bond motifs is 3. The van der Waals surface area contributed by atoms with Crippen LogP contribution in [0.2, 0.25) is 0 Å². The topological polar surface area (TPSA) is 117 Å². The highest BCUT2D eigenvalue weighted by molar-refractivity contribution is 5.75. The van der Waals surface area contributed by atoms with Crippen LogP contribution < -0.4 is 15.6 Å². The molecule has 5 aliphatic carbocycles. The maximum atomic E-state index is 15.4. The normalized spacial score (nSPS) is 39.4. The van der Waals surface area contributed by atoms with Gasteiger partial charge in [-0.15, -0.1) is 0 Å². The highest BCUT2D eigenvalue weighted by atomic mass is 19.3. The van der Waals surface area contributed by atoms with Gasteiger partial charge >= 0.3 is 0 Å². The lowest BCUT2D eigenvalue weighted by Crippen LogP contribution is -2.60. The van der Waals surface area contributed by atoms with E-state index >= 15 is 8.78 Å². The average Bonchev–Trinajstić information content (AvgIpc) is 3.97. The first-order valence-electron chi connectivity index (χ1n) is 19.3. The Morgan fingerprint density at radius 2 is 1.98 bits per heavy atom. The number of aromatic amines is 1. The van der Waals surface area contributed by atoms with Crippen LogP contribution in [-0.2, 0) is 15.5 Å². The fourth-order valence-corrected chi connectivity index (χ4v) is 11.1. The van der Waals surface area contributed by atoms with E-state index in [1.165, 1.54) is 13.5 Å². The standard InChI is InChI=1S/C40H56F2N4O5/c1-22-18-38(22)12-13-46(37(38,5)21-47)35(49)30(20-36(2,3)4)43-29-17-31(29)51-32-15-23-14-26(23)39(32)19-24(39)8-7-11-40(41,42)33-34(48)45-28-16-25(50-6)9-10-27(28)44-33/h9-10,16,21-24,26,29-32,35,43,49H,7-8,11-15,17-20H2,1-6H3,(H,45,48)/t22-,23?,24?,26?,29?,30?,31?,32?,35?,37+,38+,39?/m1/s1. The summed E-state index contributed by atoms with van der Waals surface area (Å²) in [5, 5.41) is 15.7. The summed E-state index contributed by atoms with van der Waals surface area (Å²) >= 11 is 0. The molecule has 0 amide bonds. The molecule has 1 aliphatic heterocycles. The molecule has 51 heavy (non-hydrogen) atoms. The first kappa shape index (κ1) is 35.6. The number of ether oxygens (including phenoxy) is 2. The van der Waals surface area contributed by atoms with E-state index in [0.29, 0.717) is 53.3 Å². The molecule has 6 fully saturated rings. The van der Waals surface area contributed by atoms with Gasteiger partial charge in [-0.25, -0.2) is 4.98 Å². The van der Waals surface area contributed by atoms with Crippen LogP contribution in [0, 0.1) is 39.9 Å². The summed E-state index contributed by atoms with van der Waals surface area (Å²) in [4.78, 5) is 33.9. The van der Waals surface area contributed by atoms with Gasteiger partial charge in [-0.3, -0.25) is 9.69 Å². The van der Waals surface area contributed by atoms with Crippen LogP contribution in [0.5, 0.6) is 5.75 Å². The molecule has 9 nitrogen and oxygen atoms in total. The zero-order valence-corrected chi connectivity index (χ0v) is 31.0. The lowest BCUT2D eigenvalue weighted by Gasteiger charge is -2.42. The number of carbonyl (C=O) groups is 1. The van der Waals surface area contributed by atoms with Crippen LogP contribution in [0.25, 0.3) is 11.0 Å². The Balaban J connectivity index is 0.877. The minimum absolute atomic E-state index is 0.0212. The van der Waals surface area contributed by atoms with Crippen molar-refractivity contribution < 1.29 is 28.2 Å². The number of nitrogens with zero attached hydrogens (tertiary/aromatic N) is 2. The van der Waals surface area contributed by atoms with Crippen molar-refractivity contribution in [3.05, 3.63) is 34.2 Å². The monoisotopic (exact) mass is 710 g/mol. The van der Waals surface area contributed by atoms with Gasteiger partial charge in [0.05, 0.1) is 35.9 Å². The Morgan fingerprint density at radius 3 is 2.67 bits per heavy atom. The number of nitrogens with one attached hydrogen (secondary N) is 2. The second-order valence-electron chi connectivity index (χ2n) is 18.7. The van der Waals surface area contributed by atoms with Crippen LogP contribution in [-0.4, -0.2) is 76.0 Å². The molecule has 1 aromatic heterocycles. The highest BCUT2D eigenvalue weighted by Gasteiger charge is 2.74. The van der Waals surface area contributed by atoms with E-state index in [4.69, 9.17) is 9.47 Å². The number of likely N-dealkylation sites (tertiary alicyclic amines) is 1. The first-order chi connectivity index (χ1) is 24.0. The summed E-state index contributed by atoms with van der Waals surface area (Å²) in [5.74, 6) is -0.653. The minimum Gasteiger partial charge on any atom is -0.497 e. The summed E-state index contributed by atoms with van der Waals surface area (Å²) in [5.41, 5.74) is -1.53. The van der Waals surface area contributed by atoms with Crippen LogP contribution >= 0.6 is 0 Å². The summed E-state index contributed by atoms with van der Waals surface area (Å²) in [6.45, 7) is 11.5. The number of rotatable bonds is 14. The zero-order valence-electron chi connectivity index (χ0n) is 31.0. The Bertz CT molecular complexity index is 1750. The molecular weight excluding hydrogens is 654 g/mol. The van der Waals surface area contributed by atoms with Gasteiger partial charge in [0.1, 0.15) is 18.3 Å². The van der Waals surface area contributed by atoms with E-state index in [1.54, 1.807) is 18.2 Å². The fourth-order valence-electron chi connectivity index (χ4n) is 11.1. The number of alkyl halides is 2. The molecule has 3 N–H and O–H groups in total. The van der Waals surface area contributed by atoms with Gasteiger partial charge < -0.3 is 29.7 Å². The fraction of sp³-hybridized carbons (Fsp3) is 0.775. The van der Waals surface area contributed by atoms with E-state index in [9.17, 15) is 14.7 Å². The molecule has 1 aromatic carbocycles. The van der Waals surface area contributed by atoms with Crippen molar-refractivity contribution in [3.63, 3.8) is 0 Å². The maximum absolute atomic E-state index is 15.4. The van der Waals surface area contributed by atoms with Crippen LogP contribution in [0.4, 0.5) is 8.78 Å². The number of carbonyl (C=O) groups excluding carboxylic acids is 1. The number of benzene rings is 1. The molecule has 0 radical (unpaired) electrons. The van der Waals surface area contributed by atoms with Gasteiger partial charge in [-0.1, -0.05) is 27.7 Å². The Morgan fingerprint density at radius 1 is 1.22 bits per heavy atom. The number of aromatic nitrogens is 2. The van der Waals surface area contributed by atoms with Crippen LogP contribution in [0.3, 0.4) is 0 Å². The van der Waals surface area contributed by atoms with E-state index in [2.05, 4.69) is 47.9 Å². The van der Waals surface area contributed by atoms with Crippen molar-refractivity contribution in [2.45, 2.75) is 141 Å². The minimum atomic E-state index is -3.33. The number of halogens is 2. The number of H-pyrrole nitrogens is 1. The molecule has 280 valence electrons. The molecule has 9 unspecified atom stereocenters. The second-order valence-corrected chi connectivity index (χ2v) is 18.7. The molecule has 0 bridgehead atoms. The van der Waals surface area contributed by atoms with Gasteiger partial charge in [0.15, 0.2) is 5.69 Å². The predicted octanol–water partition coefficient (Wildman–Crippen LogP) is 6.17.